The quantitative estimate of drug-likeness (QED) is 0.146. The highest BCUT2D eigenvalue weighted by Crippen LogP contribution is 2.40. The molecule has 4 N–H and O–H groups in total. The van der Waals surface area contributed by atoms with Gasteiger partial charge in [0.2, 0.25) is 11.8 Å². The third-order valence-electron chi connectivity index (χ3n) is 10.5. The Balaban J connectivity index is 1.39. The van der Waals surface area contributed by atoms with E-state index in [1.54, 1.807) is 27.7 Å². The highest BCUT2D eigenvalue weighted by molar-refractivity contribution is 5.87. The molecule has 0 bridgehead atoms. The lowest BCUT2D eigenvalue weighted by molar-refractivity contribution is -0.142. The van der Waals surface area contributed by atoms with Crippen molar-refractivity contribution < 1.29 is 55.0 Å². The molecule has 6 atom stereocenters. The number of nitrogens with one attached hydrogen (secondary N) is 4. The third-order valence-corrected chi connectivity index (χ3v) is 10.5. The average Bonchev–Trinajstić information content (AvgIpc) is 4.01. The minimum Gasteiger partial charge on any atom is -0.453 e. The van der Waals surface area contributed by atoms with Crippen molar-refractivity contribution >= 4 is 24.0 Å². The van der Waals surface area contributed by atoms with Crippen molar-refractivity contribution in [2.45, 2.75) is 90.9 Å². The van der Waals surface area contributed by atoms with Crippen LogP contribution in [0.15, 0.2) is 24.3 Å². The molecule has 62 heavy (non-hydrogen) atoms. The van der Waals surface area contributed by atoms with E-state index in [0.717, 1.165) is 14.2 Å². The van der Waals surface area contributed by atoms with E-state index in [1.165, 1.54) is 34.1 Å². The zero-order valence-electron chi connectivity index (χ0n) is 35.3. The molecule has 0 radical (unpaired) electrons. The Morgan fingerprint density at radius 3 is 1.29 bits per heavy atom. The first-order valence-corrected chi connectivity index (χ1v) is 19.8. The molecule has 4 amide bonds. The van der Waals surface area contributed by atoms with Crippen molar-refractivity contribution in [3.05, 3.63) is 69.8 Å². The van der Waals surface area contributed by atoms with Crippen LogP contribution in [0.3, 0.4) is 0 Å². The summed E-state index contributed by atoms with van der Waals surface area (Å²) in [6.45, 7) is 10.9. The summed E-state index contributed by atoms with van der Waals surface area (Å²) in [6, 6.07) is 1.98. The number of ether oxygens (including phenoxy) is 2. The number of rotatable bonds is 8. The Labute approximate surface area is 354 Å². The molecular weight excluding hydrogens is 826 g/mol. The molecule has 3 aromatic rings. The number of hydrogen-bond acceptors (Lipinski definition) is 8. The van der Waals surface area contributed by atoms with Crippen molar-refractivity contribution in [3.63, 3.8) is 0 Å². The van der Waals surface area contributed by atoms with Gasteiger partial charge in [0.15, 0.2) is 11.4 Å². The molecule has 4 heterocycles. The second kappa shape index (κ2) is 18.8. The fourth-order valence-corrected chi connectivity index (χ4v) is 7.45. The van der Waals surface area contributed by atoms with Crippen LogP contribution in [0, 0.1) is 47.4 Å². The molecule has 334 valence electrons. The summed E-state index contributed by atoms with van der Waals surface area (Å²) in [6.07, 6.45) is -10.9. The van der Waals surface area contributed by atoms with Crippen molar-refractivity contribution in [2.24, 2.45) is 23.7 Å². The number of aromatic nitrogens is 4. The van der Waals surface area contributed by atoms with Crippen molar-refractivity contribution in [3.8, 4) is 23.7 Å². The molecule has 0 spiro atoms. The van der Waals surface area contributed by atoms with Crippen LogP contribution in [0.2, 0.25) is 0 Å². The molecule has 20 heteroatoms. The van der Waals surface area contributed by atoms with Gasteiger partial charge in [-0.2, -0.15) is 26.3 Å². The zero-order valence-corrected chi connectivity index (χ0v) is 35.3. The number of benzene rings is 1. The topological polar surface area (TPSA) is 175 Å². The molecule has 0 aliphatic carbocycles. The Bertz CT molecular complexity index is 2110. The summed E-state index contributed by atoms with van der Waals surface area (Å²) in [5.41, 5.74) is -3.13. The highest BCUT2D eigenvalue weighted by atomic mass is 19.4. The van der Waals surface area contributed by atoms with Crippen LogP contribution in [0.25, 0.3) is 0 Å². The average molecular weight is 875 g/mol. The van der Waals surface area contributed by atoms with E-state index >= 15 is 0 Å². The molecule has 2 aliphatic heterocycles. The lowest BCUT2D eigenvalue weighted by Crippen LogP contribution is -2.51. The number of alkyl carbamates (subject to hydrolysis) is 2. The number of hydrogen-bond donors (Lipinski definition) is 4. The van der Waals surface area contributed by atoms with Crippen molar-refractivity contribution in [1.29, 1.82) is 0 Å². The monoisotopic (exact) mass is 874 g/mol. The predicted molar refractivity (Wildman–Crippen MR) is 210 cm³/mol. The van der Waals surface area contributed by atoms with Gasteiger partial charge in [0.05, 0.1) is 26.3 Å². The van der Waals surface area contributed by atoms with Crippen LogP contribution in [-0.2, 0) is 31.4 Å². The first kappa shape index (κ1) is 46.9. The number of imidazole rings is 2. The van der Waals surface area contributed by atoms with Gasteiger partial charge >= 0.3 is 24.5 Å². The summed E-state index contributed by atoms with van der Waals surface area (Å²) in [5.74, 6) is 8.09. The van der Waals surface area contributed by atoms with E-state index in [4.69, 9.17) is 0 Å². The Morgan fingerprint density at radius 1 is 0.661 bits per heavy atom. The van der Waals surface area contributed by atoms with Crippen LogP contribution in [0.4, 0.5) is 35.9 Å². The second-order valence-electron chi connectivity index (χ2n) is 16.2. The van der Waals surface area contributed by atoms with Gasteiger partial charge in [-0.25, -0.2) is 19.6 Å². The highest BCUT2D eigenvalue weighted by Gasteiger charge is 2.45. The van der Waals surface area contributed by atoms with Crippen LogP contribution in [0.1, 0.15) is 112 Å². The lowest BCUT2D eigenvalue weighted by atomic mass is 10.0. The van der Waals surface area contributed by atoms with Crippen LogP contribution < -0.4 is 10.6 Å². The normalized spacial score (nSPS) is 19.9. The van der Waals surface area contributed by atoms with Crippen molar-refractivity contribution in [2.75, 3.05) is 27.3 Å². The maximum atomic E-state index is 14.3. The molecule has 2 fully saturated rings. The van der Waals surface area contributed by atoms with Crippen LogP contribution >= 0.6 is 0 Å². The van der Waals surface area contributed by atoms with Gasteiger partial charge in [0.1, 0.15) is 35.1 Å². The Hall–Kier alpha value is -6.18. The van der Waals surface area contributed by atoms with Gasteiger partial charge in [0.25, 0.3) is 0 Å². The van der Waals surface area contributed by atoms with E-state index in [-0.39, 0.29) is 59.5 Å². The number of halogens is 6. The van der Waals surface area contributed by atoms with Gasteiger partial charge in [-0.05, 0) is 72.6 Å². The number of carbonyl (C=O) groups is 4. The number of likely N-dealkylation sites (tertiary alicyclic amines) is 2. The summed E-state index contributed by atoms with van der Waals surface area (Å²) in [5, 5.41) is 5.00. The molecular formula is C42H48F6N8O6. The number of nitrogens with zero attached hydrogens (tertiary/aromatic N) is 4. The largest absolute Gasteiger partial charge is 0.453 e. The molecule has 14 nitrogen and oxygen atoms in total. The Kier molecular flexibility index (Phi) is 14.2. The van der Waals surface area contributed by atoms with E-state index in [1.807, 2.05) is 13.8 Å². The van der Waals surface area contributed by atoms with Crippen molar-refractivity contribution in [1.82, 2.24) is 40.4 Å². The fourth-order valence-electron chi connectivity index (χ4n) is 7.45. The molecule has 2 saturated heterocycles. The van der Waals surface area contributed by atoms with E-state index in [2.05, 4.69) is 63.7 Å². The van der Waals surface area contributed by atoms with Crippen LogP contribution in [0.5, 0.6) is 0 Å². The summed E-state index contributed by atoms with van der Waals surface area (Å²) in [4.78, 5) is 67.0. The first-order valence-electron chi connectivity index (χ1n) is 19.8. The lowest BCUT2D eigenvalue weighted by Gasteiger charge is -2.30. The summed E-state index contributed by atoms with van der Waals surface area (Å²) >= 11 is 0. The van der Waals surface area contributed by atoms with E-state index in [9.17, 15) is 45.5 Å². The molecule has 0 unspecified atom stereocenters. The number of carbonyl (C=O) groups excluding carboxylic acids is 4. The van der Waals surface area contributed by atoms with E-state index < -0.39 is 83.3 Å². The molecule has 1 aromatic carbocycles. The number of alkyl halides is 6. The molecule has 2 aromatic heterocycles. The first-order chi connectivity index (χ1) is 29.0. The minimum atomic E-state index is -4.91. The number of methoxy groups -OCH3 is 2. The smallest absolute Gasteiger partial charge is 0.436 e. The number of aromatic amines is 2. The summed E-state index contributed by atoms with van der Waals surface area (Å²) in [7, 11) is 2.30. The Morgan fingerprint density at radius 2 is 1.00 bits per heavy atom. The van der Waals surface area contributed by atoms with Gasteiger partial charge in [-0.15, -0.1) is 0 Å². The maximum absolute atomic E-state index is 14.3. The fraction of sp³-hybridized carbons (Fsp3) is 0.524. The second-order valence-corrected chi connectivity index (χ2v) is 16.2. The maximum Gasteiger partial charge on any atom is 0.436 e. The van der Waals surface area contributed by atoms with E-state index in [0.29, 0.717) is 12.8 Å². The summed E-state index contributed by atoms with van der Waals surface area (Å²) < 4.78 is 94.8. The van der Waals surface area contributed by atoms with Gasteiger partial charge < -0.3 is 39.9 Å². The molecule has 5 rings (SSSR count). The van der Waals surface area contributed by atoms with Gasteiger partial charge in [0, 0.05) is 24.2 Å². The number of amides is 4. The number of H-pyrrole nitrogens is 2. The molecule has 0 saturated carbocycles. The zero-order chi connectivity index (χ0) is 45.8. The van der Waals surface area contributed by atoms with Gasteiger partial charge in [-0.3, -0.25) is 9.59 Å². The van der Waals surface area contributed by atoms with Gasteiger partial charge in [-0.1, -0.05) is 53.4 Å². The SMILES string of the molecule is COC(=O)N[C@H](C(=O)N1C[C@@H](C)C[C@H]1c1nc(C(F)(F)F)c(C#Cc2ccc(C#Cc3[nH]c([C@@H]4C[C@H](C)CN4C(=O)[C@@H](NC(=O)OC)C(C)C)nc3C(F)(F)F)cc2)[nH]1)C(C)C. The minimum absolute atomic E-state index is 0.0983. The standard InChI is InChI=1S/C42H48F6N8O6/c1-21(2)31(51-39(59)61-7)37(57)55-19-23(5)17-29(55)35-49-27(33(53-35)41(43,44)45)15-13-25-9-11-26(12-10-25)14-16-28-34(42(46,47)48)54-36(50-28)30-18-24(6)20-56(30)38(58)32(22(3)4)52-40(60)62-8/h9-12,21-24,29-32H,17-20H2,1-8H3,(H,49,53)(H,50,54)(H,51,59)(H,52,60)/t23-,24-,29-,30-,31-,32-/m0/s1. The predicted octanol–water partition coefficient (Wildman–Crippen LogP) is 6.55. The third kappa shape index (κ3) is 10.8. The molecule has 2 aliphatic rings. The van der Waals surface area contributed by atoms with Crippen LogP contribution in [-0.4, -0.2) is 93.1 Å².